The maximum atomic E-state index is 13.6. The van der Waals surface area contributed by atoms with Crippen molar-refractivity contribution in [1.29, 1.82) is 0 Å². The zero-order valence-electron chi connectivity index (χ0n) is 18.7. The summed E-state index contributed by atoms with van der Waals surface area (Å²) in [5.41, 5.74) is 8.42. The van der Waals surface area contributed by atoms with Crippen molar-refractivity contribution in [2.24, 2.45) is 0 Å². The molecule has 0 saturated heterocycles. The molecule has 174 valence electrons. The summed E-state index contributed by atoms with van der Waals surface area (Å²) in [6.45, 7) is 1.71. The number of hydroxylamine groups is 1. The van der Waals surface area contributed by atoms with Gasteiger partial charge in [0.1, 0.15) is 5.82 Å². The van der Waals surface area contributed by atoms with Crippen molar-refractivity contribution >= 4 is 22.9 Å². The first-order valence-electron chi connectivity index (χ1n) is 11.5. The van der Waals surface area contributed by atoms with Gasteiger partial charge < -0.3 is 9.97 Å². The highest BCUT2D eigenvalue weighted by molar-refractivity contribution is 5.90. The van der Waals surface area contributed by atoms with E-state index < -0.39 is 5.91 Å². The average molecular weight is 459 g/mol. The van der Waals surface area contributed by atoms with Crippen LogP contribution < -0.4 is 5.48 Å². The molecule has 2 aromatic carbocycles. The lowest BCUT2D eigenvalue weighted by atomic mass is 10.0. The summed E-state index contributed by atoms with van der Waals surface area (Å²) >= 11 is 0. The van der Waals surface area contributed by atoms with E-state index in [0.717, 1.165) is 48.8 Å². The quantitative estimate of drug-likeness (QED) is 0.172. The highest BCUT2D eigenvalue weighted by Crippen LogP contribution is 2.37. The number of carbonyl (C=O) groups excluding carboxylic acids is 1. The van der Waals surface area contributed by atoms with Gasteiger partial charge in [0, 0.05) is 54.7 Å². The maximum absolute atomic E-state index is 13.6. The number of aryl methyl sites for hydroxylation is 1. The fourth-order valence-electron chi connectivity index (χ4n) is 4.97. The standard InChI is InChI=1S/C27H27FN4O2/c28-22-4-6-23-21(16-30-25(23)14-22)10-12-32(17-19-9-11-29-15-19)26-7-3-20-13-18(1-5-24(20)26)2-8-27(33)31-34/h1-2,4-6,8-9,11,13-16,26,29-30,34H,3,7,10,12,17H2,(H,31,33). The van der Waals surface area contributed by atoms with Crippen LogP contribution in [0.25, 0.3) is 17.0 Å². The number of nitrogens with one attached hydrogen (secondary N) is 3. The van der Waals surface area contributed by atoms with Crippen molar-refractivity contribution in [2.45, 2.75) is 31.8 Å². The molecule has 0 bridgehead atoms. The second-order valence-electron chi connectivity index (χ2n) is 8.77. The summed E-state index contributed by atoms with van der Waals surface area (Å²) in [5.74, 6) is -0.778. The highest BCUT2D eigenvalue weighted by Gasteiger charge is 2.28. The molecule has 1 atom stereocenters. The van der Waals surface area contributed by atoms with Crippen molar-refractivity contribution in [1.82, 2.24) is 20.3 Å². The van der Waals surface area contributed by atoms with E-state index in [1.165, 1.54) is 34.4 Å². The van der Waals surface area contributed by atoms with Crippen molar-refractivity contribution in [3.8, 4) is 0 Å². The molecule has 1 amide bonds. The third-order valence-electron chi connectivity index (χ3n) is 6.64. The predicted octanol–water partition coefficient (Wildman–Crippen LogP) is 4.89. The van der Waals surface area contributed by atoms with Gasteiger partial charge in [-0.15, -0.1) is 0 Å². The van der Waals surface area contributed by atoms with Crippen LogP contribution in [0.1, 0.15) is 40.3 Å². The van der Waals surface area contributed by atoms with E-state index in [1.807, 2.05) is 30.7 Å². The number of nitrogens with zero attached hydrogens (tertiary/aromatic N) is 1. The van der Waals surface area contributed by atoms with Crippen LogP contribution in [-0.2, 0) is 24.2 Å². The van der Waals surface area contributed by atoms with Gasteiger partial charge in [-0.2, -0.15) is 0 Å². The van der Waals surface area contributed by atoms with Crippen molar-refractivity contribution in [3.63, 3.8) is 0 Å². The summed E-state index contributed by atoms with van der Waals surface area (Å²) in [7, 11) is 0. The number of aromatic nitrogens is 2. The molecule has 7 heteroatoms. The van der Waals surface area contributed by atoms with Crippen LogP contribution in [0.2, 0.25) is 0 Å². The van der Waals surface area contributed by atoms with Crippen LogP contribution in [0.3, 0.4) is 0 Å². The third kappa shape index (κ3) is 4.66. The summed E-state index contributed by atoms with van der Waals surface area (Å²) in [4.78, 5) is 20.2. The lowest BCUT2D eigenvalue weighted by Gasteiger charge is -2.29. The summed E-state index contributed by atoms with van der Waals surface area (Å²) in [6, 6.07) is 13.6. The molecule has 4 N–H and O–H groups in total. The number of hydrogen-bond acceptors (Lipinski definition) is 3. The largest absolute Gasteiger partial charge is 0.367 e. The molecule has 2 aromatic heterocycles. The van der Waals surface area contributed by atoms with E-state index >= 15 is 0 Å². The molecule has 2 heterocycles. The number of fused-ring (bicyclic) bond motifs is 2. The summed E-state index contributed by atoms with van der Waals surface area (Å²) < 4.78 is 13.6. The van der Waals surface area contributed by atoms with E-state index in [-0.39, 0.29) is 5.82 Å². The van der Waals surface area contributed by atoms with Crippen LogP contribution in [0, 0.1) is 5.82 Å². The lowest BCUT2D eigenvalue weighted by Crippen LogP contribution is -2.29. The molecular weight excluding hydrogens is 431 g/mol. The molecule has 5 rings (SSSR count). The number of benzene rings is 2. The molecule has 4 aromatic rings. The predicted molar refractivity (Wildman–Crippen MR) is 130 cm³/mol. The van der Waals surface area contributed by atoms with E-state index in [0.29, 0.717) is 6.04 Å². The molecule has 1 aliphatic rings. The second-order valence-corrected chi connectivity index (χ2v) is 8.77. The van der Waals surface area contributed by atoms with E-state index in [2.05, 4.69) is 33.1 Å². The first-order chi connectivity index (χ1) is 16.6. The van der Waals surface area contributed by atoms with Crippen molar-refractivity contribution < 1.29 is 14.4 Å². The summed E-state index contributed by atoms with van der Waals surface area (Å²) in [6.07, 6.45) is 11.9. The van der Waals surface area contributed by atoms with Gasteiger partial charge in [-0.1, -0.05) is 18.2 Å². The number of amides is 1. The van der Waals surface area contributed by atoms with Gasteiger partial charge >= 0.3 is 0 Å². The Morgan fingerprint density at radius 3 is 2.94 bits per heavy atom. The highest BCUT2D eigenvalue weighted by atomic mass is 19.1. The first kappa shape index (κ1) is 22.1. The van der Waals surface area contributed by atoms with Crippen LogP contribution in [-0.4, -0.2) is 32.5 Å². The van der Waals surface area contributed by atoms with Gasteiger partial charge in [0.15, 0.2) is 0 Å². The monoisotopic (exact) mass is 458 g/mol. The lowest BCUT2D eigenvalue weighted by molar-refractivity contribution is -0.124. The molecule has 6 nitrogen and oxygen atoms in total. The van der Waals surface area contributed by atoms with E-state index in [9.17, 15) is 9.18 Å². The Morgan fingerprint density at radius 1 is 1.21 bits per heavy atom. The fourth-order valence-corrected chi connectivity index (χ4v) is 4.97. The van der Waals surface area contributed by atoms with E-state index in [4.69, 9.17) is 5.21 Å². The number of aromatic amines is 2. The average Bonchev–Trinajstić information content (AvgIpc) is 3.59. The molecule has 0 fully saturated rings. The normalized spacial score (nSPS) is 15.4. The van der Waals surface area contributed by atoms with Gasteiger partial charge in [0.05, 0.1) is 0 Å². The number of hydrogen-bond donors (Lipinski definition) is 4. The zero-order chi connectivity index (χ0) is 23.5. The molecule has 0 spiro atoms. The van der Waals surface area contributed by atoms with Crippen LogP contribution in [0.5, 0.6) is 0 Å². The van der Waals surface area contributed by atoms with Gasteiger partial charge in [-0.05, 0) is 77.4 Å². The Hall–Kier alpha value is -3.68. The summed E-state index contributed by atoms with van der Waals surface area (Å²) in [5, 5.41) is 9.75. The van der Waals surface area contributed by atoms with Gasteiger partial charge in [-0.3, -0.25) is 14.9 Å². The number of rotatable bonds is 8. The molecule has 34 heavy (non-hydrogen) atoms. The Labute approximate surface area is 197 Å². The Kier molecular flexibility index (Phi) is 6.29. The number of carbonyl (C=O) groups is 1. The second kappa shape index (κ2) is 9.67. The topological polar surface area (TPSA) is 84.2 Å². The van der Waals surface area contributed by atoms with Crippen molar-refractivity contribution in [3.05, 3.63) is 101 Å². The van der Waals surface area contributed by atoms with Crippen LogP contribution >= 0.6 is 0 Å². The number of H-pyrrole nitrogens is 2. The minimum Gasteiger partial charge on any atom is -0.367 e. The molecule has 0 radical (unpaired) electrons. The third-order valence-corrected chi connectivity index (χ3v) is 6.64. The Balaban J connectivity index is 1.37. The molecular formula is C27H27FN4O2. The molecule has 1 aliphatic carbocycles. The van der Waals surface area contributed by atoms with Crippen LogP contribution in [0.4, 0.5) is 4.39 Å². The SMILES string of the molecule is O=C(C=Cc1ccc2c(c1)CCC2N(CCc1c[nH]c2cc(F)ccc12)Cc1cc[nH]c1)NO. The minimum absolute atomic E-state index is 0.233. The zero-order valence-corrected chi connectivity index (χ0v) is 18.7. The Morgan fingerprint density at radius 2 is 2.12 bits per heavy atom. The van der Waals surface area contributed by atoms with Gasteiger partial charge in [0.2, 0.25) is 0 Å². The molecule has 0 saturated carbocycles. The molecule has 1 unspecified atom stereocenters. The van der Waals surface area contributed by atoms with Gasteiger partial charge in [0.25, 0.3) is 5.91 Å². The minimum atomic E-state index is -0.545. The smallest absolute Gasteiger partial charge is 0.267 e. The van der Waals surface area contributed by atoms with Gasteiger partial charge in [-0.25, -0.2) is 9.87 Å². The van der Waals surface area contributed by atoms with Crippen molar-refractivity contribution in [2.75, 3.05) is 6.54 Å². The van der Waals surface area contributed by atoms with Crippen LogP contribution in [0.15, 0.2) is 67.1 Å². The maximum Gasteiger partial charge on any atom is 0.267 e. The molecule has 0 aliphatic heterocycles. The van der Waals surface area contributed by atoms with E-state index in [1.54, 1.807) is 17.6 Å². The number of halogens is 1. The first-order valence-corrected chi connectivity index (χ1v) is 11.5. The Bertz CT molecular complexity index is 1330. The fraction of sp³-hybridized carbons (Fsp3) is 0.222.